The molecule has 0 fully saturated rings. The largest absolute Gasteiger partial charge is 0.497 e. The van der Waals surface area contributed by atoms with Crippen molar-refractivity contribution in [3.63, 3.8) is 0 Å². The van der Waals surface area contributed by atoms with Gasteiger partial charge in [0.15, 0.2) is 0 Å². The first-order valence-electron chi connectivity index (χ1n) is 3.29. The van der Waals surface area contributed by atoms with Crippen molar-refractivity contribution in [2.45, 2.75) is 6.42 Å². The van der Waals surface area contributed by atoms with Crippen LogP contribution in [-0.4, -0.2) is 18.4 Å². The van der Waals surface area contributed by atoms with Gasteiger partial charge < -0.3 is 9.53 Å². The van der Waals surface area contributed by atoms with Crippen molar-refractivity contribution in [1.82, 2.24) is 4.98 Å². The van der Waals surface area contributed by atoms with Gasteiger partial charge in [-0.3, -0.25) is 4.98 Å². The van der Waals surface area contributed by atoms with Crippen LogP contribution < -0.4 is 4.74 Å². The zero-order chi connectivity index (χ0) is 8.10. The predicted octanol–water partition coefficient (Wildman–Crippen LogP) is 0.832. The molecule has 0 unspecified atom stereocenters. The molecule has 0 saturated carbocycles. The van der Waals surface area contributed by atoms with Crippen molar-refractivity contribution in [1.29, 1.82) is 0 Å². The second-order valence-corrected chi connectivity index (χ2v) is 2.06. The smallest absolute Gasteiger partial charge is 0.125 e. The average Bonchev–Trinajstić information content (AvgIpc) is 2.06. The number of methoxy groups -OCH3 is 1. The minimum absolute atomic E-state index is 0.344. The Morgan fingerprint density at radius 3 is 3.18 bits per heavy atom. The van der Waals surface area contributed by atoms with Crippen LogP contribution in [0.1, 0.15) is 5.69 Å². The lowest BCUT2D eigenvalue weighted by Gasteiger charge is -1.99. The summed E-state index contributed by atoms with van der Waals surface area (Å²) in [5.41, 5.74) is 0.736. The standard InChI is InChI=1S/C8H9NO2/c1-11-8-2-4-9-7(6-8)3-5-10/h2,4-6H,3H2,1H3. The molecule has 0 bridgehead atoms. The van der Waals surface area contributed by atoms with Crippen LogP contribution in [0.2, 0.25) is 0 Å². The number of pyridine rings is 1. The Morgan fingerprint density at radius 2 is 2.55 bits per heavy atom. The van der Waals surface area contributed by atoms with E-state index in [4.69, 9.17) is 4.74 Å². The molecule has 0 radical (unpaired) electrons. The lowest BCUT2D eigenvalue weighted by Crippen LogP contribution is -1.91. The third kappa shape index (κ3) is 2.04. The maximum Gasteiger partial charge on any atom is 0.125 e. The Bertz CT molecular complexity index is 248. The van der Waals surface area contributed by atoms with Gasteiger partial charge in [0.1, 0.15) is 12.0 Å². The molecule has 0 N–H and O–H groups in total. The highest BCUT2D eigenvalue weighted by atomic mass is 16.5. The van der Waals surface area contributed by atoms with E-state index in [1.807, 2.05) is 0 Å². The van der Waals surface area contributed by atoms with Crippen molar-refractivity contribution in [3.05, 3.63) is 24.0 Å². The highest BCUT2D eigenvalue weighted by molar-refractivity contribution is 5.53. The SMILES string of the molecule is COc1ccnc(CC=O)c1. The number of rotatable bonds is 3. The molecule has 0 aliphatic carbocycles. The van der Waals surface area contributed by atoms with Gasteiger partial charge in [-0.25, -0.2) is 0 Å². The van der Waals surface area contributed by atoms with E-state index in [-0.39, 0.29) is 0 Å². The monoisotopic (exact) mass is 151 g/mol. The number of aldehydes is 1. The Balaban J connectivity index is 2.82. The van der Waals surface area contributed by atoms with Gasteiger partial charge in [0.2, 0.25) is 0 Å². The zero-order valence-electron chi connectivity index (χ0n) is 6.28. The van der Waals surface area contributed by atoms with E-state index in [9.17, 15) is 4.79 Å². The molecule has 1 rings (SSSR count). The summed E-state index contributed by atoms with van der Waals surface area (Å²) in [5, 5.41) is 0. The molecule has 11 heavy (non-hydrogen) atoms. The number of hydrogen-bond acceptors (Lipinski definition) is 3. The quantitative estimate of drug-likeness (QED) is 0.601. The minimum atomic E-state index is 0.344. The average molecular weight is 151 g/mol. The molecule has 0 atom stereocenters. The predicted molar refractivity (Wildman–Crippen MR) is 40.6 cm³/mol. The van der Waals surface area contributed by atoms with E-state index in [0.29, 0.717) is 6.42 Å². The first-order valence-corrected chi connectivity index (χ1v) is 3.29. The maximum absolute atomic E-state index is 10.1. The summed E-state index contributed by atoms with van der Waals surface area (Å²) in [7, 11) is 1.58. The van der Waals surface area contributed by atoms with Crippen LogP contribution in [0.5, 0.6) is 5.75 Å². The molecule has 1 aromatic rings. The van der Waals surface area contributed by atoms with Gasteiger partial charge in [-0.15, -0.1) is 0 Å². The third-order valence-corrected chi connectivity index (χ3v) is 1.32. The van der Waals surface area contributed by atoms with Crippen LogP contribution in [0.25, 0.3) is 0 Å². The molecule has 0 saturated heterocycles. The maximum atomic E-state index is 10.1. The van der Waals surface area contributed by atoms with Crippen molar-refractivity contribution >= 4 is 6.29 Å². The summed E-state index contributed by atoms with van der Waals surface area (Å²) in [6, 6.07) is 3.49. The zero-order valence-corrected chi connectivity index (χ0v) is 6.28. The Morgan fingerprint density at radius 1 is 1.73 bits per heavy atom. The summed E-state index contributed by atoms with van der Waals surface area (Å²) in [4.78, 5) is 14.1. The highest BCUT2D eigenvalue weighted by Gasteiger charge is 1.94. The van der Waals surface area contributed by atoms with Gasteiger partial charge in [-0.05, 0) is 6.07 Å². The lowest BCUT2D eigenvalue weighted by molar-refractivity contribution is -0.107. The second kappa shape index (κ2) is 3.71. The first-order chi connectivity index (χ1) is 5.36. The van der Waals surface area contributed by atoms with E-state index in [1.165, 1.54) is 0 Å². The molecule has 1 heterocycles. The van der Waals surface area contributed by atoms with E-state index in [2.05, 4.69) is 4.98 Å². The first kappa shape index (κ1) is 7.72. The van der Waals surface area contributed by atoms with Crippen LogP contribution in [0.15, 0.2) is 18.3 Å². The Hall–Kier alpha value is -1.38. The van der Waals surface area contributed by atoms with Crippen molar-refractivity contribution < 1.29 is 9.53 Å². The molecular formula is C8H9NO2. The fraction of sp³-hybridized carbons (Fsp3) is 0.250. The van der Waals surface area contributed by atoms with E-state index in [0.717, 1.165) is 17.7 Å². The molecule has 3 nitrogen and oxygen atoms in total. The van der Waals surface area contributed by atoms with Crippen molar-refractivity contribution in [2.75, 3.05) is 7.11 Å². The molecule has 0 amide bonds. The fourth-order valence-corrected chi connectivity index (χ4v) is 0.780. The summed E-state index contributed by atoms with van der Waals surface area (Å²) in [5.74, 6) is 0.733. The van der Waals surface area contributed by atoms with Gasteiger partial charge in [-0.1, -0.05) is 0 Å². The summed E-state index contributed by atoms with van der Waals surface area (Å²) < 4.78 is 4.95. The molecule has 0 spiro atoms. The highest BCUT2D eigenvalue weighted by Crippen LogP contribution is 2.09. The van der Waals surface area contributed by atoms with Crippen molar-refractivity contribution in [2.24, 2.45) is 0 Å². The van der Waals surface area contributed by atoms with Crippen LogP contribution in [-0.2, 0) is 11.2 Å². The van der Waals surface area contributed by atoms with Gasteiger partial charge in [0.05, 0.1) is 12.8 Å². The van der Waals surface area contributed by atoms with Crippen LogP contribution in [0, 0.1) is 0 Å². The van der Waals surface area contributed by atoms with Crippen LogP contribution in [0.4, 0.5) is 0 Å². The van der Waals surface area contributed by atoms with Crippen LogP contribution in [0.3, 0.4) is 0 Å². The van der Waals surface area contributed by atoms with Gasteiger partial charge in [0.25, 0.3) is 0 Å². The third-order valence-electron chi connectivity index (χ3n) is 1.32. The normalized spacial score (nSPS) is 9.18. The molecule has 1 aromatic heterocycles. The number of aromatic nitrogens is 1. The van der Waals surface area contributed by atoms with Gasteiger partial charge in [-0.2, -0.15) is 0 Å². The number of ether oxygens (including phenoxy) is 1. The number of nitrogens with zero attached hydrogens (tertiary/aromatic N) is 1. The molecule has 0 aromatic carbocycles. The van der Waals surface area contributed by atoms with Gasteiger partial charge in [0, 0.05) is 18.7 Å². The summed E-state index contributed by atoms with van der Waals surface area (Å²) in [6.07, 6.45) is 2.79. The molecule has 58 valence electrons. The minimum Gasteiger partial charge on any atom is -0.497 e. The van der Waals surface area contributed by atoms with E-state index >= 15 is 0 Å². The lowest BCUT2D eigenvalue weighted by atomic mass is 10.3. The van der Waals surface area contributed by atoms with Crippen molar-refractivity contribution in [3.8, 4) is 5.75 Å². The second-order valence-electron chi connectivity index (χ2n) is 2.06. The topological polar surface area (TPSA) is 39.2 Å². The Kier molecular flexibility index (Phi) is 2.60. The van der Waals surface area contributed by atoms with Crippen LogP contribution >= 0.6 is 0 Å². The summed E-state index contributed by atoms with van der Waals surface area (Å²) in [6.45, 7) is 0. The Labute approximate surface area is 65.0 Å². The summed E-state index contributed by atoms with van der Waals surface area (Å²) >= 11 is 0. The number of hydrogen-bond donors (Lipinski definition) is 0. The van der Waals surface area contributed by atoms with E-state index < -0.39 is 0 Å². The number of carbonyl (C=O) groups is 1. The van der Waals surface area contributed by atoms with Gasteiger partial charge >= 0.3 is 0 Å². The molecule has 0 aliphatic rings. The molecule has 3 heteroatoms. The number of carbonyl (C=O) groups excluding carboxylic acids is 1. The van der Waals surface area contributed by atoms with E-state index in [1.54, 1.807) is 25.4 Å². The fourth-order valence-electron chi connectivity index (χ4n) is 0.780. The molecular weight excluding hydrogens is 142 g/mol. The molecule has 0 aliphatic heterocycles.